The van der Waals surface area contributed by atoms with Crippen LogP contribution in [0, 0.1) is 9.49 Å². The van der Waals surface area contributed by atoms with Gasteiger partial charge in [-0.05, 0) is 59.7 Å². The molecule has 1 rings (SSSR count). The van der Waals surface area contributed by atoms with Crippen LogP contribution in [0.3, 0.4) is 0 Å². The van der Waals surface area contributed by atoms with Gasteiger partial charge in [-0.3, -0.25) is 4.79 Å². The molecule has 94 valence electrons. The van der Waals surface area contributed by atoms with E-state index in [1.807, 2.05) is 19.1 Å². The number of carbonyl (C=O) groups is 1. The van der Waals surface area contributed by atoms with E-state index in [-0.39, 0.29) is 5.91 Å². The van der Waals surface area contributed by atoms with Crippen molar-refractivity contribution in [3.05, 3.63) is 26.8 Å². The summed E-state index contributed by atoms with van der Waals surface area (Å²) in [5.41, 5.74) is 6.31. The highest BCUT2D eigenvalue weighted by Gasteiger charge is 2.08. The molecule has 0 saturated heterocycles. The molecule has 0 bridgehead atoms. The number of hydrogen-bond acceptors (Lipinski definition) is 2. The summed E-state index contributed by atoms with van der Waals surface area (Å²) in [7, 11) is 0. The lowest BCUT2D eigenvalue weighted by atomic mass is 10.1. The summed E-state index contributed by atoms with van der Waals surface area (Å²) in [5, 5.41) is 3.54. The van der Waals surface area contributed by atoms with E-state index in [1.54, 1.807) is 6.07 Å². The first kappa shape index (κ1) is 14.7. The molecule has 3 nitrogen and oxygen atoms in total. The average Bonchev–Trinajstić information content (AvgIpc) is 2.29. The summed E-state index contributed by atoms with van der Waals surface area (Å²) in [5.74, 6) is 0.399. The molecule has 0 spiro atoms. The van der Waals surface area contributed by atoms with Crippen LogP contribution in [0.15, 0.2) is 18.2 Å². The zero-order chi connectivity index (χ0) is 12.8. The summed E-state index contributed by atoms with van der Waals surface area (Å²) in [6, 6.07) is 5.40. The quantitative estimate of drug-likeness (QED) is 0.786. The standard InChI is InChI=1S/C12H16ClIN2O/c1-8(7-15)2-5-12(17)16-11-4-3-9(13)6-10(11)14/h3-4,6,8H,2,5,7,15H2,1H3,(H,16,17). The molecule has 0 aliphatic carbocycles. The summed E-state index contributed by atoms with van der Waals surface area (Å²) < 4.78 is 0.940. The smallest absolute Gasteiger partial charge is 0.224 e. The first-order valence-corrected chi connectivity index (χ1v) is 6.93. The second kappa shape index (κ2) is 7.18. The molecule has 0 fully saturated rings. The Morgan fingerprint density at radius 1 is 1.59 bits per heavy atom. The minimum Gasteiger partial charge on any atom is -0.330 e. The molecule has 1 unspecified atom stereocenters. The van der Waals surface area contributed by atoms with Crippen molar-refractivity contribution >= 4 is 45.8 Å². The molecular formula is C12H16ClIN2O. The van der Waals surface area contributed by atoms with E-state index < -0.39 is 0 Å². The molecule has 17 heavy (non-hydrogen) atoms. The van der Waals surface area contributed by atoms with Crippen LogP contribution in [0.25, 0.3) is 0 Å². The van der Waals surface area contributed by atoms with E-state index in [4.69, 9.17) is 17.3 Å². The summed E-state index contributed by atoms with van der Waals surface area (Å²) in [6.45, 7) is 2.66. The third-order valence-corrected chi connectivity index (χ3v) is 3.60. The molecule has 0 aliphatic heterocycles. The van der Waals surface area contributed by atoms with Crippen LogP contribution >= 0.6 is 34.2 Å². The van der Waals surface area contributed by atoms with Crippen molar-refractivity contribution in [3.8, 4) is 0 Å². The Bertz CT molecular complexity index is 398. The monoisotopic (exact) mass is 366 g/mol. The number of benzene rings is 1. The number of nitrogens with one attached hydrogen (secondary N) is 1. The number of anilines is 1. The van der Waals surface area contributed by atoms with Crippen molar-refractivity contribution in [1.29, 1.82) is 0 Å². The van der Waals surface area contributed by atoms with Crippen LogP contribution in [0.1, 0.15) is 19.8 Å². The van der Waals surface area contributed by atoms with Gasteiger partial charge in [-0.1, -0.05) is 18.5 Å². The van der Waals surface area contributed by atoms with E-state index in [0.29, 0.717) is 23.9 Å². The van der Waals surface area contributed by atoms with Crippen LogP contribution in [0.4, 0.5) is 5.69 Å². The van der Waals surface area contributed by atoms with Gasteiger partial charge in [-0.25, -0.2) is 0 Å². The zero-order valence-corrected chi connectivity index (χ0v) is 12.6. The molecule has 5 heteroatoms. The molecule has 0 saturated carbocycles. The zero-order valence-electron chi connectivity index (χ0n) is 9.67. The molecule has 0 radical (unpaired) electrons. The van der Waals surface area contributed by atoms with Gasteiger partial charge < -0.3 is 11.1 Å². The largest absolute Gasteiger partial charge is 0.330 e. The fraction of sp³-hybridized carbons (Fsp3) is 0.417. The molecule has 1 amide bonds. The molecule has 3 N–H and O–H groups in total. The lowest BCUT2D eigenvalue weighted by Crippen LogP contribution is -2.16. The van der Waals surface area contributed by atoms with Crippen molar-refractivity contribution in [3.63, 3.8) is 0 Å². The van der Waals surface area contributed by atoms with Gasteiger partial charge in [0.05, 0.1) is 5.69 Å². The van der Waals surface area contributed by atoms with Crippen LogP contribution in [0.5, 0.6) is 0 Å². The summed E-state index contributed by atoms with van der Waals surface area (Å²) >= 11 is 7.99. The summed E-state index contributed by atoms with van der Waals surface area (Å²) in [4.78, 5) is 11.7. The van der Waals surface area contributed by atoms with Crippen LogP contribution in [-0.2, 0) is 4.79 Å². The second-order valence-corrected chi connectivity index (χ2v) is 5.65. The van der Waals surface area contributed by atoms with E-state index >= 15 is 0 Å². The van der Waals surface area contributed by atoms with Crippen LogP contribution < -0.4 is 11.1 Å². The van der Waals surface area contributed by atoms with E-state index in [1.165, 1.54) is 0 Å². The Kier molecular flexibility index (Phi) is 6.22. The van der Waals surface area contributed by atoms with Gasteiger partial charge in [-0.2, -0.15) is 0 Å². The van der Waals surface area contributed by atoms with E-state index in [9.17, 15) is 4.79 Å². The van der Waals surface area contributed by atoms with E-state index in [0.717, 1.165) is 15.7 Å². The molecule has 0 heterocycles. The Balaban J connectivity index is 2.50. The van der Waals surface area contributed by atoms with Crippen molar-refractivity contribution in [2.45, 2.75) is 19.8 Å². The van der Waals surface area contributed by atoms with Gasteiger partial charge in [0.25, 0.3) is 0 Å². The van der Waals surface area contributed by atoms with E-state index in [2.05, 4.69) is 27.9 Å². The number of rotatable bonds is 5. The Morgan fingerprint density at radius 3 is 2.88 bits per heavy atom. The Hall–Kier alpha value is -0.330. The normalized spacial score (nSPS) is 12.2. The maximum Gasteiger partial charge on any atom is 0.224 e. The minimum atomic E-state index is 0.0190. The third kappa shape index (κ3) is 5.23. The van der Waals surface area contributed by atoms with Crippen molar-refractivity contribution in [2.24, 2.45) is 11.7 Å². The van der Waals surface area contributed by atoms with Crippen molar-refractivity contribution in [1.82, 2.24) is 0 Å². The average molecular weight is 367 g/mol. The van der Waals surface area contributed by atoms with Crippen LogP contribution in [-0.4, -0.2) is 12.5 Å². The fourth-order valence-electron chi connectivity index (χ4n) is 1.30. The Labute approximate surface area is 120 Å². The third-order valence-electron chi connectivity index (χ3n) is 2.47. The first-order chi connectivity index (χ1) is 8.02. The van der Waals surface area contributed by atoms with Crippen molar-refractivity contribution in [2.75, 3.05) is 11.9 Å². The predicted molar refractivity (Wildman–Crippen MR) is 80.3 cm³/mol. The Morgan fingerprint density at radius 2 is 2.29 bits per heavy atom. The lowest BCUT2D eigenvalue weighted by molar-refractivity contribution is -0.116. The first-order valence-electron chi connectivity index (χ1n) is 5.48. The highest BCUT2D eigenvalue weighted by Crippen LogP contribution is 2.22. The van der Waals surface area contributed by atoms with Crippen molar-refractivity contribution < 1.29 is 4.79 Å². The SMILES string of the molecule is CC(CN)CCC(=O)Nc1ccc(Cl)cc1I. The van der Waals surface area contributed by atoms with Crippen LogP contribution in [0.2, 0.25) is 5.02 Å². The lowest BCUT2D eigenvalue weighted by Gasteiger charge is -2.10. The molecule has 1 atom stereocenters. The maximum absolute atomic E-state index is 11.7. The van der Waals surface area contributed by atoms with Gasteiger partial charge >= 0.3 is 0 Å². The highest BCUT2D eigenvalue weighted by molar-refractivity contribution is 14.1. The molecule has 1 aromatic rings. The van der Waals surface area contributed by atoms with Gasteiger partial charge in [0.15, 0.2) is 0 Å². The molecular weight excluding hydrogens is 351 g/mol. The number of carbonyl (C=O) groups excluding carboxylic acids is 1. The number of nitrogens with two attached hydrogens (primary N) is 1. The number of halogens is 2. The van der Waals surface area contributed by atoms with Gasteiger partial charge in [0, 0.05) is 15.0 Å². The van der Waals surface area contributed by atoms with Gasteiger partial charge in [0.2, 0.25) is 5.91 Å². The fourth-order valence-corrected chi connectivity index (χ4v) is 2.31. The topological polar surface area (TPSA) is 55.1 Å². The second-order valence-electron chi connectivity index (χ2n) is 4.05. The molecule has 0 aromatic heterocycles. The number of hydrogen-bond donors (Lipinski definition) is 2. The van der Waals surface area contributed by atoms with Gasteiger partial charge in [-0.15, -0.1) is 0 Å². The number of amides is 1. The minimum absolute atomic E-state index is 0.0190. The highest BCUT2D eigenvalue weighted by atomic mass is 127. The molecule has 1 aromatic carbocycles. The predicted octanol–water partition coefficient (Wildman–Crippen LogP) is 3.26. The molecule has 0 aliphatic rings. The maximum atomic E-state index is 11.7. The van der Waals surface area contributed by atoms with Gasteiger partial charge in [0.1, 0.15) is 0 Å². The summed E-state index contributed by atoms with van der Waals surface area (Å²) in [6.07, 6.45) is 1.31.